The number of hydrogen-bond acceptors (Lipinski definition) is 3. The van der Waals surface area contributed by atoms with Crippen LogP contribution in [0.1, 0.15) is 38.9 Å². The molecule has 0 aliphatic carbocycles. The summed E-state index contributed by atoms with van der Waals surface area (Å²) in [6, 6.07) is 0. The lowest BCUT2D eigenvalue weighted by Gasteiger charge is -2.35. The fraction of sp³-hybridized carbons (Fsp3) is 0.714. The highest BCUT2D eigenvalue weighted by molar-refractivity contribution is 5.86. The monoisotopic (exact) mass is 249 g/mol. The smallest absolute Gasteiger partial charge is 0.146 e. The number of hydrogen-bond donors (Lipinski definition) is 1. The highest BCUT2D eigenvalue weighted by Crippen LogP contribution is 2.34. The van der Waals surface area contributed by atoms with Gasteiger partial charge in [-0.25, -0.2) is 4.98 Å². The third-order valence-corrected chi connectivity index (χ3v) is 4.29. The summed E-state index contributed by atoms with van der Waals surface area (Å²) in [6.07, 6.45) is 7.09. The van der Waals surface area contributed by atoms with Crippen molar-refractivity contribution in [1.82, 2.24) is 14.9 Å². The van der Waals surface area contributed by atoms with Gasteiger partial charge < -0.3 is 9.88 Å². The van der Waals surface area contributed by atoms with Crippen LogP contribution >= 0.6 is 0 Å². The Balaban J connectivity index is 2.10. The highest BCUT2D eigenvalue weighted by Gasteiger charge is 2.37. The number of piperidine rings is 1. The molecular formula is C14H23N3O. The Kier molecular flexibility index (Phi) is 4.17. The lowest BCUT2D eigenvalue weighted by molar-refractivity contribution is -0.130. The molecule has 1 aromatic heterocycles. The van der Waals surface area contributed by atoms with Crippen LogP contribution in [0, 0.1) is 5.41 Å². The zero-order valence-corrected chi connectivity index (χ0v) is 11.4. The SMILES string of the molecule is CCn1ccnc1CC(=O)C1(CC)CCNCC1. The number of carbonyl (C=O) groups excluding carboxylic acids is 1. The Bertz CT molecular complexity index is 405. The van der Waals surface area contributed by atoms with Gasteiger partial charge in [-0.15, -0.1) is 0 Å². The lowest BCUT2D eigenvalue weighted by Crippen LogP contribution is -2.42. The zero-order valence-electron chi connectivity index (χ0n) is 11.4. The van der Waals surface area contributed by atoms with Crippen molar-refractivity contribution >= 4 is 5.78 Å². The van der Waals surface area contributed by atoms with Gasteiger partial charge in [0, 0.05) is 24.4 Å². The number of nitrogens with zero attached hydrogens (tertiary/aromatic N) is 2. The number of carbonyl (C=O) groups is 1. The number of Topliss-reactive ketones (excluding diaryl/α,β-unsaturated/α-hetero) is 1. The molecule has 1 N–H and O–H groups in total. The summed E-state index contributed by atoms with van der Waals surface area (Å²) in [7, 11) is 0. The first-order valence-electron chi connectivity index (χ1n) is 6.96. The van der Waals surface area contributed by atoms with Gasteiger partial charge in [-0.3, -0.25) is 4.79 Å². The van der Waals surface area contributed by atoms with Crippen molar-refractivity contribution in [1.29, 1.82) is 0 Å². The van der Waals surface area contributed by atoms with Gasteiger partial charge in [-0.2, -0.15) is 0 Å². The van der Waals surface area contributed by atoms with Crippen LogP contribution in [-0.4, -0.2) is 28.4 Å². The van der Waals surface area contributed by atoms with Crippen LogP contribution in [0.3, 0.4) is 0 Å². The molecule has 1 aliphatic heterocycles. The molecule has 0 radical (unpaired) electrons. The van der Waals surface area contributed by atoms with E-state index in [4.69, 9.17) is 0 Å². The van der Waals surface area contributed by atoms with E-state index in [9.17, 15) is 4.79 Å². The summed E-state index contributed by atoms with van der Waals surface area (Å²) in [4.78, 5) is 16.9. The van der Waals surface area contributed by atoms with Crippen LogP contribution in [0.15, 0.2) is 12.4 Å². The maximum atomic E-state index is 12.6. The first-order valence-corrected chi connectivity index (χ1v) is 6.96. The highest BCUT2D eigenvalue weighted by atomic mass is 16.1. The van der Waals surface area contributed by atoms with E-state index in [1.807, 2.05) is 6.20 Å². The van der Waals surface area contributed by atoms with E-state index in [2.05, 4.69) is 28.7 Å². The minimum absolute atomic E-state index is 0.115. The minimum Gasteiger partial charge on any atom is -0.335 e. The first-order chi connectivity index (χ1) is 8.72. The Morgan fingerprint density at radius 1 is 1.44 bits per heavy atom. The molecule has 4 nitrogen and oxygen atoms in total. The van der Waals surface area contributed by atoms with Crippen molar-refractivity contribution in [2.24, 2.45) is 5.41 Å². The van der Waals surface area contributed by atoms with Crippen LogP contribution in [0.25, 0.3) is 0 Å². The zero-order chi connectivity index (χ0) is 13.0. The quantitative estimate of drug-likeness (QED) is 0.865. The van der Waals surface area contributed by atoms with Crippen LogP contribution in [0.4, 0.5) is 0 Å². The molecule has 0 unspecified atom stereocenters. The van der Waals surface area contributed by atoms with Crippen LogP contribution < -0.4 is 5.32 Å². The number of ketones is 1. The average molecular weight is 249 g/mol. The number of rotatable bonds is 5. The second-order valence-corrected chi connectivity index (χ2v) is 5.11. The molecule has 100 valence electrons. The van der Waals surface area contributed by atoms with E-state index in [1.165, 1.54) is 0 Å². The summed E-state index contributed by atoms with van der Waals surface area (Å²) in [5, 5.41) is 3.34. The van der Waals surface area contributed by atoms with Crippen molar-refractivity contribution in [2.75, 3.05) is 13.1 Å². The van der Waals surface area contributed by atoms with Gasteiger partial charge in [-0.05, 0) is 39.3 Å². The van der Waals surface area contributed by atoms with Gasteiger partial charge in [0.1, 0.15) is 11.6 Å². The van der Waals surface area contributed by atoms with Gasteiger partial charge in [0.2, 0.25) is 0 Å². The molecule has 1 fully saturated rings. The van der Waals surface area contributed by atoms with Crippen LogP contribution in [0.2, 0.25) is 0 Å². The van der Waals surface area contributed by atoms with Crippen LogP contribution in [0.5, 0.6) is 0 Å². The van der Waals surface area contributed by atoms with Gasteiger partial charge in [-0.1, -0.05) is 6.92 Å². The van der Waals surface area contributed by atoms with Crippen molar-refractivity contribution in [3.8, 4) is 0 Å². The Morgan fingerprint density at radius 2 is 2.17 bits per heavy atom. The molecule has 0 atom stereocenters. The van der Waals surface area contributed by atoms with Crippen LogP contribution in [-0.2, 0) is 17.8 Å². The fourth-order valence-corrected chi connectivity index (χ4v) is 2.86. The standard InChI is InChI=1S/C14H23N3O/c1-3-14(5-7-15-8-6-14)12(18)11-13-16-9-10-17(13)4-2/h9-10,15H,3-8,11H2,1-2H3. The normalized spacial score (nSPS) is 18.8. The van der Waals surface area contributed by atoms with Gasteiger partial charge in [0.25, 0.3) is 0 Å². The molecule has 0 spiro atoms. The summed E-state index contributed by atoms with van der Waals surface area (Å²) in [6.45, 7) is 7.01. The number of nitrogens with one attached hydrogen (secondary N) is 1. The molecular weight excluding hydrogens is 226 g/mol. The largest absolute Gasteiger partial charge is 0.335 e. The number of imidazole rings is 1. The summed E-state index contributed by atoms with van der Waals surface area (Å²) < 4.78 is 2.06. The maximum absolute atomic E-state index is 12.6. The molecule has 2 heterocycles. The van der Waals surface area contributed by atoms with E-state index >= 15 is 0 Å². The summed E-state index contributed by atoms with van der Waals surface area (Å²) >= 11 is 0. The predicted octanol–water partition coefficient (Wildman–Crippen LogP) is 1.79. The number of aryl methyl sites for hydroxylation is 1. The predicted molar refractivity (Wildman–Crippen MR) is 71.4 cm³/mol. The Morgan fingerprint density at radius 3 is 2.78 bits per heavy atom. The molecule has 1 saturated heterocycles. The summed E-state index contributed by atoms with van der Waals surface area (Å²) in [5.74, 6) is 1.28. The van der Waals surface area contributed by atoms with E-state index in [-0.39, 0.29) is 5.41 Å². The molecule has 4 heteroatoms. The fourth-order valence-electron chi connectivity index (χ4n) is 2.86. The van der Waals surface area contributed by atoms with E-state index in [1.54, 1.807) is 6.20 Å². The third kappa shape index (κ3) is 2.48. The second kappa shape index (κ2) is 5.65. The van der Waals surface area contributed by atoms with Crippen molar-refractivity contribution < 1.29 is 4.79 Å². The minimum atomic E-state index is -0.115. The van der Waals surface area contributed by atoms with E-state index < -0.39 is 0 Å². The molecule has 0 saturated carbocycles. The Labute approximate surface area is 109 Å². The van der Waals surface area contributed by atoms with Gasteiger partial charge in [0.15, 0.2) is 0 Å². The third-order valence-electron chi connectivity index (χ3n) is 4.29. The topological polar surface area (TPSA) is 46.9 Å². The molecule has 1 aliphatic rings. The van der Waals surface area contributed by atoms with Gasteiger partial charge in [0.05, 0.1) is 6.42 Å². The van der Waals surface area contributed by atoms with Crippen molar-refractivity contribution in [3.05, 3.63) is 18.2 Å². The number of aromatic nitrogens is 2. The average Bonchev–Trinajstić information content (AvgIpc) is 2.86. The lowest BCUT2D eigenvalue weighted by atomic mass is 9.72. The molecule has 0 bridgehead atoms. The molecule has 0 amide bonds. The summed E-state index contributed by atoms with van der Waals surface area (Å²) in [5.41, 5.74) is -0.115. The molecule has 0 aromatic carbocycles. The molecule has 1 aromatic rings. The Hall–Kier alpha value is -1.16. The van der Waals surface area contributed by atoms with E-state index in [0.29, 0.717) is 12.2 Å². The van der Waals surface area contributed by atoms with Crippen molar-refractivity contribution in [3.63, 3.8) is 0 Å². The van der Waals surface area contributed by atoms with Crippen molar-refractivity contribution in [2.45, 2.75) is 46.1 Å². The molecule has 2 rings (SSSR count). The second-order valence-electron chi connectivity index (χ2n) is 5.11. The maximum Gasteiger partial charge on any atom is 0.146 e. The molecule has 18 heavy (non-hydrogen) atoms. The van der Waals surface area contributed by atoms with E-state index in [0.717, 1.165) is 44.7 Å². The first kappa shape index (κ1) is 13.3. The van der Waals surface area contributed by atoms with Gasteiger partial charge >= 0.3 is 0 Å².